The number of aromatic nitrogens is 1. The molecule has 2 aromatic rings. The van der Waals surface area contributed by atoms with Gasteiger partial charge >= 0.3 is 0 Å². The van der Waals surface area contributed by atoms with Crippen molar-refractivity contribution in [2.24, 2.45) is 0 Å². The van der Waals surface area contributed by atoms with Crippen molar-refractivity contribution in [1.82, 2.24) is 4.57 Å². The van der Waals surface area contributed by atoms with E-state index in [0.717, 1.165) is 24.8 Å². The second-order valence-corrected chi connectivity index (χ2v) is 5.67. The molecule has 22 heavy (non-hydrogen) atoms. The van der Waals surface area contributed by atoms with E-state index >= 15 is 0 Å². The Balaban J connectivity index is 1.82. The Labute approximate surface area is 129 Å². The molecule has 3 rings (SSSR count). The van der Waals surface area contributed by atoms with Gasteiger partial charge in [-0.15, -0.1) is 0 Å². The summed E-state index contributed by atoms with van der Waals surface area (Å²) in [5.74, 6) is -0.0968. The maximum atomic E-state index is 12.6. The van der Waals surface area contributed by atoms with Crippen molar-refractivity contribution in [3.05, 3.63) is 64.1 Å². The first-order chi connectivity index (χ1) is 10.7. The summed E-state index contributed by atoms with van der Waals surface area (Å²) in [6.07, 6.45) is 4.65. The van der Waals surface area contributed by atoms with Crippen molar-refractivity contribution in [2.75, 3.05) is 5.32 Å². The van der Waals surface area contributed by atoms with Crippen LogP contribution in [0.25, 0.3) is 0 Å². The molecule has 4 heteroatoms. The predicted molar refractivity (Wildman–Crippen MR) is 87.1 cm³/mol. The molecular formula is C18H20N2O2. The largest absolute Gasteiger partial charge is 0.324 e. The molecule has 1 aromatic heterocycles. The number of hydrogen-bond acceptors (Lipinski definition) is 2. The summed E-state index contributed by atoms with van der Waals surface area (Å²) < 4.78 is 1.59. The monoisotopic (exact) mass is 296 g/mol. The molecule has 0 aliphatic heterocycles. The fourth-order valence-corrected chi connectivity index (χ4v) is 3.11. The number of nitrogens with zero attached hydrogens (tertiary/aromatic N) is 1. The minimum atomic E-state index is -0.105. The van der Waals surface area contributed by atoms with Crippen LogP contribution in [-0.4, -0.2) is 10.5 Å². The molecule has 1 aliphatic carbocycles. The lowest BCUT2D eigenvalue weighted by Gasteiger charge is -2.24. The number of anilines is 1. The first-order valence-electron chi connectivity index (χ1n) is 7.78. The molecule has 1 unspecified atom stereocenters. The Hall–Kier alpha value is -2.36. The van der Waals surface area contributed by atoms with Gasteiger partial charge in [0.15, 0.2) is 0 Å². The van der Waals surface area contributed by atoms with Gasteiger partial charge in [-0.2, -0.15) is 0 Å². The Morgan fingerprint density at radius 3 is 2.91 bits per heavy atom. The summed E-state index contributed by atoms with van der Waals surface area (Å²) >= 11 is 0. The molecule has 4 nitrogen and oxygen atoms in total. The first-order valence-corrected chi connectivity index (χ1v) is 7.78. The summed E-state index contributed by atoms with van der Waals surface area (Å²) in [7, 11) is 0. The van der Waals surface area contributed by atoms with Crippen molar-refractivity contribution >= 4 is 11.6 Å². The highest BCUT2D eigenvalue weighted by molar-refractivity contribution is 5.96. The summed E-state index contributed by atoms with van der Waals surface area (Å²) in [6, 6.07) is 11.3. The SMILES string of the molecule is CCn1cc(NC(=O)C2CCCc3ccccc32)ccc1=O. The van der Waals surface area contributed by atoms with E-state index in [9.17, 15) is 9.59 Å². The molecular weight excluding hydrogens is 276 g/mol. The molecule has 0 bridgehead atoms. The number of amides is 1. The lowest BCUT2D eigenvalue weighted by atomic mass is 9.82. The summed E-state index contributed by atoms with van der Waals surface area (Å²) in [4.78, 5) is 24.2. The highest BCUT2D eigenvalue weighted by Crippen LogP contribution is 2.32. The average Bonchev–Trinajstić information content (AvgIpc) is 2.56. The normalized spacial score (nSPS) is 16.9. The second kappa shape index (κ2) is 6.18. The maximum Gasteiger partial charge on any atom is 0.250 e. The number of carbonyl (C=O) groups is 1. The van der Waals surface area contributed by atoms with Crippen LogP contribution in [0.4, 0.5) is 5.69 Å². The van der Waals surface area contributed by atoms with Gasteiger partial charge in [0.25, 0.3) is 5.56 Å². The van der Waals surface area contributed by atoms with Crippen molar-refractivity contribution in [1.29, 1.82) is 0 Å². The van der Waals surface area contributed by atoms with E-state index in [4.69, 9.17) is 0 Å². The van der Waals surface area contributed by atoms with Crippen LogP contribution >= 0.6 is 0 Å². The van der Waals surface area contributed by atoms with Crippen molar-refractivity contribution in [3.8, 4) is 0 Å². The smallest absolute Gasteiger partial charge is 0.250 e. The van der Waals surface area contributed by atoms with Crippen LogP contribution in [0, 0.1) is 0 Å². The van der Waals surface area contributed by atoms with Gasteiger partial charge in [0.05, 0.1) is 11.6 Å². The van der Waals surface area contributed by atoms with Gasteiger partial charge in [0, 0.05) is 18.8 Å². The van der Waals surface area contributed by atoms with E-state index in [1.165, 1.54) is 11.6 Å². The molecule has 1 aromatic carbocycles. The van der Waals surface area contributed by atoms with E-state index < -0.39 is 0 Å². The number of rotatable bonds is 3. The number of fused-ring (bicyclic) bond motifs is 1. The second-order valence-electron chi connectivity index (χ2n) is 5.67. The quantitative estimate of drug-likeness (QED) is 0.946. The van der Waals surface area contributed by atoms with Gasteiger partial charge in [0.1, 0.15) is 0 Å². The van der Waals surface area contributed by atoms with Crippen molar-refractivity contribution in [3.63, 3.8) is 0 Å². The average molecular weight is 296 g/mol. The minimum Gasteiger partial charge on any atom is -0.324 e. The lowest BCUT2D eigenvalue weighted by Crippen LogP contribution is -2.26. The zero-order valence-electron chi connectivity index (χ0n) is 12.7. The van der Waals surface area contributed by atoms with Gasteiger partial charge in [-0.05, 0) is 43.4 Å². The van der Waals surface area contributed by atoms with Gasteiger partial charge in [-0.25, -0.2) is 0 Å². The summed E-state index contributed by atoms with van der Waals surface area (Å²) in [5, 5.41) is 2.96. The highest BCUT2D eigenvalue weighted by atomic mass is 16.2. The lowest BCUT2D eigenvalue weighted by molar-refractivity contribution is -0.117. The standard InChI is InChI=1S/C18H20N2O2/c1-2-20-12-14(10-11-17(20)21)19-18(22)16-9-5-7-13-6-3-4-8-15(13)16/h3-4,6,8,10-12,16H,2,5,7,9H2,1H3,(H,19,22). The fourth-order valence-electron chi connectivity index (χ4n) is 3.11. The Morgan fingerprint density at radius 2 is 2.09 bits per heavy atom. The number of nitrogens with one attached hydrogen (secondary N) is 1. The van der Waals surface area contributed by atoms with E-state index in [-0.39, 0.29) is 17.4 Å². The first kappa shape index (κ1) is 14.6. The van der Waals surface area contributed by atoms with E-state index in [2.05, 4.69) is 11.4 Å². The molecule has 0 fully saturated rings. The van der Waals surface area contributed by atoms with Crippen LogP contribution < -0.4 is 10.9 Å². The fraction of sp³-hybridized carbons (Fsp3) is 0.333. The molecule has 1 N–H and O–H groups in total. The third-order valence-electron chi connectivity index (χ3n) is 4.28. The summed E-state index contributed by atoms with van der Waals surface area (Å²) in [6.45, 7) is 2.50. The number of carbonyl (C=O) groups excluding carboxylic acids is 1. The van der Waals surface area contributed by atoms with E-state index in [0.29, 0.717) is 12.2 Å². The zero-order valence-corrected chi connectivity index (χ0v) is 12.7. The predicted octanol–water partition coefficient (Wildman–Crippen LogP) is 2.93. The maximum absolute atomic E-state index is 12.6. The number of hydrogen-bond donors (Lipinski definition) is 1. The molecule has 0 radical (unpaired) electrons. The van der Waals surface area contributed by atoms with Crippen LogP contribution in [0.1, 0.15) is 36.8 Å². The van der Waals surface area contributed by atoms with Crippen LogP contribution in [0.3, 0.4) is 0 Å². The number of benzene rings is 1. The van der Waals surface area contributed by atoms with E-state index in [1.807, 2.05) is 25.1 Å². The van der Waals surface area contributed by atoms with Crippen molar-refractivity contribution in [2.45, 2.75) is 38.6 Å². The summed E-state index contributed by atoms with van der Waals surface area (Å²) in [5.41, 5.74) is 3.03. The van der Waals surface area contributed by atoms with Crippen molar-refractivity contribution < 1.29 is 4.79 Å². The molecule has 1 aliphatic rings. The Bertz CT molecular complexity index is 749. The highest BCUT2D eigenvalue weighted by Gasteiger charge is 2.26. The Morgan fingerprint density at radius 1 is 1.27 bits per heavy atom. The van der Waals surface area contributed by atoms with Crippen LogP contribution in [-0.2, 0) is 17.8 Å². The molecule has 114 valence electrons. The Kier molecular flexibility index (Phi) is 4.09. The molecule has 0 spiro atoms. The zero-order chi connectivity index (χ0) is 15.5. The molecule has 1 atom stereocenters. The third kappa shape index (κ3) is 2.82. The van der Waals surface area contributed by atoms with E-state index in [1.54, 1.807) is 16.8 Å². The van der Waals surface area contributed by atoms with Gasteiger partial charge < -0.3 is 9.88 Å². The van der Waals surface area contributed by atoms with Crippen LogP contribution in [0.2, 0.25) is 0 Å². The van der Waals surface area contributed by atoms with Crippen LogP contribution in [0.15, 0.2) is 47.4 Å². The molecule has 1 heterocycles. The number of pyridine rings is 1. The molecule has 0 saturated carbocycles. The van der Waals surface area contributed by atoms with Gasteiger partial charge in [-0.3, -0.25) is 9.59 Å². The minimum absolute atomic E-state index is 0.00783. The third-order valence-corrected chi connectivity index (χ3v) is 4.28. The van der Waals surface area contributed by atoms with Gasteiger partial charge in [-0.1, -0.05) is 24.3 Å². The topological polar surface area (TPSA) is 51.1 Å². The van der Waals surface area contributed by atoms with Gasteiger partial charge in [0.2, 0.25) is 5.91 Å². The molecule has 0 saturated heterocycles. The number of aryl methyl sites for hydroxylation is 2. The molecule has 1 amide bonds. The van der Waals surface area contributed by atoms with Crippen LogP contribution in [0.5, 0.6) is 0 Å².